The van der Waals surface area contributed by atoms with Crippen molar-refractivity contribution in [3.63, 3.8) is 0 Å². The average molecular weight is 749 g/mol. The molecule has 306 valence electrons. The minimum absolute atomic E-state index is 0.250. The van der Waals surface area contributed by atoms with Gasteiger partial charge >= 0.3 is 17.9 Å². The number of esters is 3. The van der Waals surface area contributed by atoms with Crippen molar-refractivity contribution in [2.75, 3.05) is 0 Å². The lowest BCUT2D eigenvalue weighted by Crippen LogP contribution is -2.61. The van der Waals surface area contributed by atoms with E-state index in [9.17, 15) is 14.4 Å². The van der Waals surface area contributed by atoms with E-state index in [1.807, 2.05) is 0 Å². The molecular weight excluding hydrogens is 672 g/mol. The Morgan fingerprint density at radius 2 is 0.698 bits per heavy atom. The Hall–Kier alpha value is -1.79. The van der Waals surface area contributed by atoms with Gasteiger partial charge in [-0.05, 0) is 124 Å². The average Bonchev–Trinajstić information content (AvgIpc) is 2.82. The van der Waals surface area contributed by atoms with E-state index >= 15 is 0 Å². The molecule has 4 aliphatic heterocycles. The van der Waals surface area contributed by atoms with E-state index in [1.54, 1.807) is 0 Å². The predicted octanol–water partition coefficient (Wildman–Crippen LogP) is 6.24. The highest BCUT2D eigenvalue weighted by Gasteiger charge is 2.49. The summed E-state index contributed by atoms with van der Waals surface area (Å²) < 4.78 is 25.7. The van der Waals surface area contributed by atoms with E-state index < -0.39 is 42.1 Å². The number of piperidine rings is 4. The van der Waals surface area contributed by atoms with Crippen LogP contribution in [0.3, 0.4) is 0 Å². The van der Waals surface area contributed by atoms with Crippen LogP contribution < -0.4 is 21.3 Å². The summed E-state index contributed by atoms with van der Waals surface area (Å²) in [5.74, 6) is -3.08. The van der Waals surface area contributed by atoms with Gasteiger partial charge in [0.2, 0.25) is 0 Å². The lowest BCUT2D eigenvalue weighted by molar-refractivity contribution is -0.191. The zero-order valence-electron chi connectivity index (χ0n) is 36.2. The quantitative estimate of drug-likeness (QED) is 0.149. The molecule has 0 aromatic heterocycles. The summed E-state index contributed by atoms with van der Waals surface area (Å²) in [6.45, 7) is 33.6. The van der Waals surface area contributed by atoms with E-state index in [2.05, 4.69) is 132 Å². The number of ether oxygens (including phenoxy) is 4. The van der Waals surface area contributed by atoms with Crippen LogP contribution in [0.1, 0.15) is 169 Å². The molecule has 0 radical (unpaired) electrons. The summed E-state index contributed by atoms with van der Waals surface area (Å²) >= 11 is 0. The molecule has 4 aliphatic rings. The summed E-state index contributed by atoms with van der Waals surface area (Å²) in [6.07, 6.45) is 1.55. The molecule has 0 bridgehead atoms. The number of carbonyl (C=O) groups is 3. The molecule has 2 atom stereocenters. The normalized spacial score (nSPS) is 29.0. The minimum Gasteiger partial charge on any atom is -0.462 e. The van der Waals surface area contributed by atoms with Crippen LogP contribution in [0.5, 0.6) is 0 Å². The van der Waals surface area contributed by atoms with Gasteiger partial charge < -0.3 is 40.2 Å². The van der Waals surface area contributed by atoms with Gasteiger partial charge in [-0.25, -0.2) is 4.79 Å². The van der Waals surface area contributed by atoms with Gasteiger partial charge in [-0.3, -0.25) is 9.59 Å². The van der Waals surface area contributed by atoms with E-state index in [1.165, 1.54) is 0 Å². The van der Waals surface area contributed by atoms with Crippen molar-refractivity contribution in [3.8, 4) is 0 Å². The number of rotatable bonds is 10. The molecule has 0 amide bonds. The fraction of sp³-hybridized carbons (Fsp3) is 0.929. The second-order valence-electron chi connectivity index (χ2n) is 22.4. The Bertz CT molecular complexity index is 1290. The first kappa shape index (κ1) is 43.9. The van der Waals surface area contributed by atoms with Gasteiger partial charge in [0.05, 0.1) is 12.5 Å². The third-order valence-electron chi connectivity index (χ3n) is 11.1. The standard InChI is InChI=1S/C42H76N4O7/c1-35(2)18-26(19-36(3,4)43-35)50-31(47)17-30(33(48)52-28-22-39(9,10)45-40(11,12)23-28)32(51-27-20-37(5,6)44-38(7,8)21-27)34(49)53-29-24-41(13,14)46-42(15,16)25-29/h26-30,32,43-46H,17-25H2,1-16H3. The highest BCUT2D eigenvalue weighted by Crippen LogP contribution is 2.37. The summed E-state index contributed by atoms with van der Waals surface area (Å²) in [6, 6.07) is 0. The Balaban J connectivity index is 1.70. The third kappa shape index (κ3) is 13.1. The molecule has 0 spiro atoms. The van der Waals surface area contributed by atoms with Gasteiger partial charge in [0.1, 0.15) is 24.2 Å². The van der Waals surface area contributed by atoms with Crippen molar-refractivity contribution in [2.45, 2.75) is 243 Å². The van der Waals surface area contributed by atoms with Crippen molar-refractivity contribution in [1.29, 1.82) is 0 Å². The van der Waals surface area contributed by atoms with Crippen LogP contribution in [0.15, 0.2) is 0 Å². The summed E-state index contributed by atoms with van der Waals surface area (Å²) in [5.41, 5.74) is -2.21. The van der Waals surface area contributed by atoms with Gasteiger partial charge in [0.25, 0.3) is 0 Å². The van der Waals surface area contributed by atoms with Crippen molar-refractivity contribution in [2.24, 2.45) is 5.92 Å². The molecule has 11 nitrogen and oxygen atoms in total. The van der Waals surface area contributed by atoms with Crippen LogP contribution in [0.2, 0.25) is 0 Å². The molecule has 4 heterocycles. The topological polar surface area (TPSA) is 136 Å². The van der Waals surface area contributed by atoms with Gasteiger partial charge in [-0.1, -0.05) is 0 Å². The van der Waals surface area contributed by atoms with E-state index in [0.717, 1.165) is 0 Å². The molecule has 0 aromatic rings. The SMILES string of the molecule is CC1(C)CC(OC(=O)CC(C(=O)OC2CC(C)(C)NC(C)(C)C2)C(OC2CC(C)(C)NC(C)(C)C2)C(=O)OC2CC(C)(C)NC(C)(C)C2)CC(C)(C)N1. The van der Waals surface area contributed by atoms with Crippen LogP contribution in [0.4, 0.5) is 0 Å². The summed E-state index contributed by atoms with van der Waals surface area (Å²) in [4.78, 5) is 43.3. The first-order valence-electron chi connectivity index (χ1n) is 20.2. The molecule has 53 heavy (non-hydrogen) atoms. The molecule has 0 aromatic carbocycles. The van der Waals surface area contributed by atoms with E-state index in [4.69, 9.17) is 18.9 Å². The zero-order chi connectivity index (χ0) is 40.2. The molecule has 0 saturated carbocycles. The monoisotopic (exact) mass is 749 g/mol. The van der Waals surface area contributed by atoms with Crippen LogP contribution in [0, 0.1) is 5.92 Å². The van der Waals surface area contributed by atoms with Gasteiger partial charge in [-0.2, -0.15) is 0 Å². The number of hydrogen-bond donors (Lipinski definition) is 4. The molecule has 4 N–H and O–H groups in total. The first-order valence-corrected chi connectivity index (χ1v) is 20.2. The second-order valence-corrected chi connectivity index (χ2v) is 22.4. The van der Waals surface area contributed by atoms with Crippen LogP contribution in [-0.4, -0.2) is 92.7 Å². The van der Waals surface area contributed by atoms with Crippen molar-refractivity contribution >= 4 is 17.9 Å². The van der Waals surface area contributed by atoms with Crippen LogP contribution in [0.25, 0.3) is 0 Å². The maximum atomic E-state index is 14.7. The number of nitrogens with one attached hydrogen (secondary N) is 4. The molecule has 11 heteroatoms. The lowest BCUT2D eigenvalue weighted by Gasteiger charge is -2.48. The Morgan fingerprint density at radius 1 is 0.434 bits per heavy atom. The smallest absolute Gasteiger partial charge is 0.336 e. The molecule has 2 unspecified atom stereocenters. The highest BCUT2D eigenvalue weighted by atomic mass is 16.6. The molecule has 4 fully saturated rings. The van der Waals surface area contributed by atoms with Crippen molar-refractivity contribution in [1.82, 2.24) is 21.3 Å². The van der Waals surface area contributed by atoms with Crippen molar-refractivity contribution in [3.05, 3.63) is 0 Å². The van der Waals surface area contributed by atoms with Gasteiger partial charge in [0.15, 0.2) is 6.10 Å². The number of hydrogen-bond acceptors (Lipinski definition) is 11. The van der Waals surface area contributed by atoms with Gasteiger partial charge in [-0.15, -0.1) is 0 Å². The Kier molecular flexibility index (Phi) is 12.4. The van der Waals surface area contributed by atoms with E-state index in [0.29, 0.717) is 51.4 Å². The largest absolute Gasteiger partial charge is 0.462 e. The summed E-state index contributed by atoms with van der Waals surface area (Å²) in [5, 5.41) is 14.6. The van der Waals surface area contributed by atoms with Gasteiger partial charge in [0, 0.05) is 82.8 Å². The van der Waals surface area contributed by atoms with E-state index in [-0.39, 0.29) is 62.9 Å². The van der Waals surface area contributed by atoms with Crippen LogP contribution in [-0.2, 0) is 33.3 Å². The second kappa shape index (κ2) is 14.9. The highest BCUT2D eigenvalue weighted by molar-refractivity contribution is 5.87. The summed E-state index contributed by atoms with van der Waals surface area (Å²) in [7, 11) is 0. The first-order chi connectivity index (χ1) is 23.7. The maximum Gasteiger partial charge on any atom is 0.336 e. The molecule has 0 aliphatic carbocycles. The molecule has 4 rings (SSSR count). The minimum atomic E-state index is -1.37. The Morgan fingerprint density at radius 3 is 1.02 bits per heavy atom. The van der Waals surface area contributed by atoms with Crippen LogP contribution >= 0.6 is 0 Å². The molecule has 4 saturated heterocycles. The lowest BCUT2D eigenvalue weighted by atomic mass is 9.80. The fourth-order valence-corrected chi connectivity index (χ4v) is 11.0. The fourth-order valence-electron chi connectivity index (χ4n) is 11.0. The molecular formula is C42H76N4O7. The third-order valence-corrected chi connectivity index (χ3v) is 11.1. The maximum absolute atomic E-state index is 14.7. The predicted molar refractivity (Wildman–Crippen MR) is 209 cm³/mol. The zero-order valence-corrected chi connectivity index (χ0v) is 36.2. The van der Waals surface area contributed by atoms with Crippen molar-refractivity contribution < 1.29 is 33.3 Å². The number of carbonyl (C=O) groups excluding carboxylic acids is 3. The Labute approximate surface area is 321 Å².